The van der Waals surface area contributed by atoms with E-state index in [1.54, 1.807) is 11.8 Å². The first-order valence-electron chi connectivity index (χ1n) is 9.35. The van der Waals surface area contributed by atoms with Crippen molar-refractivity contribution in [2.24, 2.45) is 0 Å². The minimum atomic E-state index is -0.429. The average molecular weight is 346 g/mol. The van der Waals surface area contributed by atoms with Gasteiger partial charge in [0.1, 0.15) is 6.04 Å². The standard InChI is InChI=1S/C20H30N2O3/c1-4-16-9-11-17(12-10-16)15(3)21-14-19(23)22-13-7-6-8-18(22)20(24)25-5-2/h9-12,15,18,21H,4-8,13-14H2,1-3H3. The van der Waals surface area contributed by atoms with Gasteiger partial charge in [0.15, 0.2) is 0 Å². The van der Waals surface area contributed by atoms with Crippen LogP contribution >= 0.6 is 0 Å². The van der Waals surface area contributed by atoms with Crippen molar-refractivity contribution in [1.82, 2.24) is 10.2 Å². The molecule has 1 aromatic carbocycles. The molecule has 1 aromatic rings. The second kappa shape index (κ2) is 9.56. The van der Waals surface area contributed by atoms with Gasteiger partial charge in [-0.3, -0.25) is 4.79 Å². The Morgan fingerprint density at radius 1 is 1.24 bits per heavy atom. The van der Waals surface area contributed by atoms with Gasteiger partial charge in [-0.2, -0.15) is 0 Å². The quantitative estimate of drug-likeness (QED) is 0.771. The summed E-state index contributed by atoms with van der Waals surface area (Å²) in [5.41, 5.74) is 2.46. The zero-order chi connectivity index (χ0) is 18.2. The summed E-state index contributed by atoms with van der Waals surface area (Å²) >= 11 is 0. The van der Waals surface area contributed by atoms with Crippen molar-refractivity contribution in [2.75, 3.05) is 19.7 Å². The van der Waals surface area contributed by atoms with Gasteiger partial charge in [-0.1, -0.05) is 31.2 Å². The lowest BCUT2D eigenvalue weighted by atomic mass is 10.0. The Kier molecular flexibility index (Phi) is 7.44. The van der Waals surface area contributed by atoms with Gasteiger partial charge in [-0.25, -0.2) is 4.79 Å². The molecule has 2 unspecified atom stereocenters. The third kappa shape index (κ3) is 5.30. The highest BCUT2D eigenvalue weighted by Crippen LogP contribution is 2.19. The molecule has 0 spiro atoms. The lowest BCUT2D eigenvalue weighted by Gasteiger charge is -2.34. The van der Waals surface area contributed by atoms with Crippen molar-refractivity contribution in [2.45, 2.75) is 58.5 Å². The number of benzene rings is 1. The number of likely N-dealkylation sites (tertiary alicyclic amines) is 1. The molecule has 5 heteroatoms. The van der Waals surface area contributed by atoms with Crippen LogP contribution in [0.15, 0.2) is 24.3 Å². The Hall–Kier alpha value is -1.88. The first kappa shape index (κ1) is 19.4. The summed E-state index contributed by atoms with van der Waals surface area (Å²) in [4.78, 5) is 26.4. The first-order valence-corrected chi connectivity index (χ1v) is 9.35. The van der Waals surface area contributed by atoms with E-state index in [1.807, 2.05) is 6.92 Å². The van der Waals surface area contributed by atoms with Gasteiger partial charge in [-0.15, -0.1) is 0 Å². The first-order chi connectivity index (χ1) is 12.1. The summed E-state index contributed by atoms with van der Waals surface area (Å²) in [6, 6.07) is 8.10. The second-order valence-electron chi connectivity index (χ2n) is 6.55. The summed E-state index contributed by atoms with van der Waals surface area (Å²) < 4.78 is 5.13. The molecule has 25 heavy (non-hydrogen) atoms. The van der Waals surface area contributed by atoms with Crippen LogP contribution in [0.4, 0.5) is 0 Å². The van der Waals surface area contributed by atoms with Crippen molar-refractivity contribution < 1.29 is 14.3 Å². The molecule has 2 atom stereocenters. The molecule has 1 N–H and O–H groups in total. The topological polar surface area (TPSA) is 58.6 Å². The van der Waals surface area contributed by atoms with Crippen LogP contribution in [0.1, 0.15) is 57.2 Å². The maximum atomic E-state index is 12.6. The molecule has 0 bridgehead atoms. The predicted octanol–water partition coefficient (Wildman–Crippen LogP) is 2.84. The van der Waals surface area contributed by atoms with Gasteiger partial charge in [-0.05, 0) is 50.7 Å². The highest BCUT2D eigenvalue weighted by molar-refractivity contribution is 5.85. The molecular weight excluding hydrogens is 316 g/mol. The van der Waals surface area contributed by atoms with Crippen LogP contribution in [0.25, 0.3) is 0 Å². The average Bonchev–Trinajstić information content (AvgIpc) is 2.66. The number of carbonyl (C=O) groups excluding carboxylic acids is 2. The largest absolute Gasteiger partial charge is 0.464 e. The highest BCUT2D eigenvalue weighted by Gasteiger charge is 2.32. The van der Waals surface area contributed by atoms with Gasteiger partial charge in [0, 0.05) is 12.6 Å². The number of carbonyl (C=O) groups is 2. The molecule has 0 radical (unpaired) electrons. The van der Waals surface area contributed by atoms with E-state index in [9.17, 15) is 9.59 Å². The number of amides is 1. The molecule has 138 valence electrons. The van der Waals surface area contributed by atoms with Gasteiger partial charge in [0.05, 0.1) is 13.2 Å². The minimum absolute atomic E-state index is 0.0326. The SMILES string of the molecule is CCOC(=O)C1CCCCN1C(=O)CNC(C)c1ccc(CC)cc1. The van der Waals surface area contributed by atoms with Crippen molar-refractivity contribution in [3.05, 3.63) is 35.4 Å². The van der Waals surface area contributed by atoms with Gasteiger partial charge in [0.2, 0.25) is 5.91 Å². The van der Waals surface area contributed by atoms with E-state index in [2.05, 4.69) is 36.5 Å². The number of hydrogen-bond donors (Lipinski definition) is 1. The van der Waals surface area contributed by atoms with E-state index in [1.165, 1.54) is 5.56 Å². The third-order valence-corrected chi connectivity index (χ3v) is 4.83. The fourth-order valence-corrected chi connectivity index (χ4v) is 3.22. The van der Waals surface area contributed by atoms with Crippen LogP contribution in [0.3, 0.4) is 0 Å². The summed E-state index contributed by atoms with van der Waals surface area (Å²) in [5, 5.41) is 3.28. The summed E-state index contributed by atoms with van der Waals surface area (Å²) in [6.45, 7) is 7.18. The normalized spacial score (nSPS) is 18.7. The maximum Gasteiger partial charge on any atom is 0.328 e. The molecular formula is C20H30N2O3. The number of hydrogen-bond acceptors (Lipinski definition) is 4. The molecule has 0 aliphatic carbocycles. The Bertz CT molecular complexity index is 571. The van der Waals surface area contributed by atoms with E-state index in [4.69, 9.17) is 4.74 Å². The predicted molar refractivity (Wildman–Crippen MR) is 98.2 cm³/mol. The van der Waals surface area contributed by atoms with E-state index in [0.717, 1.165) is 24.8 Å². The fourth-order valence-electron chi connectivity index (χ4n) is 3.22. The number of nitrogens with zero attached hydrogens (tertiary/aromatic N) is 1. The van der Waals surface area contributed by atoms with Crippen LogP contribution in [-0.4, -0.2) is 42.5 Å². The van der Waals surface area contributed by atoms with Crippen molar-refractivity contribution in [3.8, 4) is 0 Å². The Balaban J connectivity index is 1.91. The van der Waals surface area contributed by atoms with Crippen LogP contribution in [0.5, 0.6) is 0 Å². The minimum Gasteiger partial charge on any atom is -0.464 e. The Labute approximate surface area is 150 Å². The lowest BCUT2D eigenvalue weighted by Crippen LogP contribution is -2.51. The molecule has 1 aliphatic heterocycles. The molecule has 1 amide bonds. The Morgan fingerprint density at radius 3 is 2.60 bits per heavy atom. The lowest BCUT2D eigenvalue weighted by molar-refractivity contribution is -0.156. The molecule has 1 fully saturated rings. The molecule has 1 aliphatic rings. The summed E-state index contributed by atoms with van der Waals surface area (Å²) in [7, 11) is 0. The number of rotatable bonds is 7. The van der Waals surface area contributed by atoms with Crippen molar-refractivity contribution >= 4 is 11.9 Å². The molecule has 1 heterocycles. The van der Waals surface area contributed by atoms with Crippen LogP contribution in [0.2, 0.25) is 0 Å². The summed E-state index contributed by atoms with van der Waals surface area (Å²) in [5.74, 6) is -0.312. The van der Waals surface area contributed by atoms with E-state index in [0.29, 0.717) is 19.6 Å². The number of aryl methyl sites for hydroxylation is 1. The molecule has 0 aromatic heterocycles. The van der Waals surface area contributed by atoms with Crippen LogP contribution < -0.4 is 5.32 Å². The smallest absolute Gasteiger partial charge is 0.328 e. The van der Waals surface area contributed by atoms with Gasteiger partial charge < -0.3 is 15.0 Å². The van der Waals surface area contributed by atoms with E-state index < -0.39 is 6.04 Å². The second-order valence-corrected chi connectivity index (χ2v) is 6.55. The van der Waals surface area contributed by atoms with Crippen LogP contribution in [0, 0.1) is 0 Å². The van der Waals surface area contributed by atoms with Crippen LogP contribution in [-0.2, 0) is 20.7 Å². The zero-order valence-electron chi connectivity index (χ0n) is 15.6. The number of nitrogens with one attached hydrogen (secondary N) is 1. The van der Waals surface area contributed by atoms with E-state index in [-0.39, 0.29) is 24.5 Å². The van der Waals surface area contributed by atoms with Crippen molar-refractivity contribution in [1.29, 1.82) is 0 Å². The molecule has 0 saturated carbocycles. The highest BCUT2D eigenvalue weighted by atomic mass is 16.5. The molecule has 1 saturated heterocycles. The molecule has 2 rings (SSSR count). The maximum absolute atomic E-state index is 12.6. The monoisotopic (exact) mass is 346 g/mol. The number of esters is 1. The molecule has 5 nitrogen and oxygen atoms in total. The zero-order valence-corrected chi connectivity index (χ0v) is 15.6. The van der Waals surface area contributed by atoms with E-state index >= 15 is 0 Å². The van der Waals surface area contributed by atoms with Gasteiger partial charge in [0.25, 0.3) is 0 Å². The van der Waals surface area contributed by atoms with Crippen molar-refractivity contribution in [3.63, 3.8) is 0 Å². The Morgan fingerprint density at radius 2 is 1.96 bits per heavy atom. The number of piperidine rings is 1. The van der Waals surface area contributed by atoms with Gasteiger partial charge >= 0.3 is 5.97 Å². The number of ether oxygens (including phenoxy) is 1. The fraction of sp³-hybridized carbons (Fsp3) is 0.600. The summed E-state index contributed by atoms with van der Waals surface area (Å²) in [6.07, 6.45) is 3.61. The third-order valence-electron chi connectivity index (χ3n) is 4.83.